The molecule has 204 valence electrons. The van der Waals surface area contributed by atoms with Gasteiger partial charge < -0.3 is 21.7 Å². The lowest BCUT2D eigenvalue weighted by Gasteiger charge is -2.13. The molecule has 34 heavy (non-hydrogen) atoms. The normalized spacial score (nSPS) is 15.2. The minimum atomic E-state index is -0.364. The van der Waals surface area contributed by atoms with Crippen molar-refractivity contribution in [3.63, 3.8) is 0 Å². The van der Waals surface area contributed by atoms with Gasteiger partial charge in [-0.15, -0.1) is 0 Å². The second-order valence-corrected chi connectivity index (χ2v) is 10.8. The first kappa shape index (κ1) is 33.5. The van der Waals surface area contributed by atoms with Crippen molar-refractivity contribution in [2.24, 2.45) is 11.5 Å². The van der Waals surface area contributed by atoms with Crippen molar-refractivity contribution in [1.29, 1.82) is 0 Å². The van der Waals surface area contributed by atoms with Gasteiger partial charge in [0.1, 0.15) is 5.78 Å². The molecule has 5 nitrogen and oxygen atoms in total. The Hall–Kier alpha value is -0.490. The van der Waals surface area contributed by atoms with Crippen LogP contribution in [0.5, 0.6) is 0 Å². The predicted octanol–water partition coefficient (Wildman–Crippen LogP) is 6.55. The second kappa shape index (κ2) is 24.2. The van der Waals surface area contributed by atoms with E-state index in [9.17, 15) is 15.0 Å². The summed E-state index contributed by atoms with van der Waals surface area (Å²) in [5.41, 5.74) is 11.3. The van der Waals surface area contributed by atoms with E-state index in [1.165, 1.54) is 77.0 Å². The van der Waals surface area contributed by atoms with Crippen LogP contribution < -0.4 is 11.5 Å². The van der Waals surface area contributed by atoms with Crippen LogP contribution in [0.3, 0.4) is 0 Å². The molecule has 0 aliphatic rings. The summed E-state index contributed by atoms with van der Waals surface area (Å²) in [5, 5.41) is 19.4. The molecule has 0 fully saturated rings. The highest BCUT2D eigenvalue weighted by Crippen LogP contribution is 2.15. The Morgan fingerprint density at radius 2 is 0.735 bits per heavy atom. The summed E-state index contributed by atoms with van der Waals surface area (Å²) < 4.78 is 0. The number of ketones is 1. The molecule has 0 bridgehead atoms. The Kier molecular flexibility index (Phi) is 23.9. The Bertz CT molecular complexity index is 443. The van der Waals surface area contributed by atoms with Crippen LogP contribution in [-0.4, -0.2) is 40.3 Å². The predicted molar refractivity (Wildman–Crippen MR) is 146 cm³/mol. The molecular weight excluding hydrogens is 424 g/mol. The molecule has 0 aliphatic heterocycles. The molecule has 0 aliphatic carbocycles. The lowest BCUT2D eigenvalue weighted by molar-refractivity contribution is -0.119. The fraction of sp³-hybridized carbons (Fsp3) is 0.966. The Morgan fingerprint density at radius 3 is 1.00 bits per heavy atom. The molecular formula is C29H60N2O3. The first-order chi connectivity index (χ1) is 16.3. The quantitative estimate of drug-likeness (QED) is 0.104. The number of hydrogen-bond donors (Lipinski definition) is 4. The maximum Gasteiger partial charge on any atom is 0.132 e. The number of carbonyl (C=O) groups excluding carboxylic acids is 1. The van der Waals surface area contributed by atoms with Gasteiger partial charge in [-0.2, -0.15) is 0 Å². The monoisotopic (exact) mass is 484 g/mol. The van der Waals surface area contributed by atoms with Crippen molar-refractivity contribution in [2.45, 2.75) is 179 Å². The van der Waals surface area contributed by atoms with Gasteiger partial charge in [-0.3, -0.25) is 4.79 Å². The van der Waals surface area contributed by atoms with Gasteiger partial charge in [0, 0.05) is 24.9 Å². The van der Waals surface area contributed by atoms with E-state index in [2.05, 4.69) is 0 Å². The highest BCUT2D eigenvalue weighted by Gasteiger charge is 2.09. The average molecular weight is 485 g/mol. The van der Waals surface area contributed by atoms with Crippen molar-refractivity contribution in [2.75, 3.05) is 0 Å². The third-order valence-corrected chi connectivity index (χ3v) is 7.12. The third-order valence-electron chi connectivity index (χ3n) is 7.12. The SMILES string of the molecule is C[C@@H](N)[C@H](O)CCCCCCCCCCCCCCC(=O)CCCCCCCC[C@@H](O)[C@@H](C)N. The lowest BCUT2D eigenvalue weighted by Crippen LogP contribution is -2.31. The summed E-state index contributed by atoms with van der Waals surface area (Å²) in [6.07, 6.45) is 24.3. The van der Waals surface area contributed by atoms with Crippen LogP contribution in [0.4, 0.5) is 0 Å². The van der Waals surface area contributed by atoms with Crippen LogP contribution in [0.2, 0.25) is 0 Å². The fourth-order valence-electron chi connectivity index (χ4n) is 4.48. The van der Waals surface area contributed by atoms with E-state index in [-0.39, 0.29) is 24.3 Å². The first-order valence-corrected chi connectivity index (χ1v) is 14.7. The van der Waals surface area contributed by atoms with Crippen LogP contribution in [-0.2, 0) is 4.79 Å². The van der Waals surface area contributed by atoms with Crippen LogP contribution in [0.25, 0.3) is 0 Å². The summed E-state index contributed by atoms with van der Waals surface area (Å²) in [6, 6.07) is -0.236. The molecule has 0 aromatic heterocycles. The molecule has 0 amide bonds. The zero-order chi connectivity index (χ0) is 25.4. The molecule has 0 aromatic rings. The molecule has 0 heterocycles. The van der Waals surface area contributed by atoms with E-state index in [1.54, 1.807) is 0 Å². The fourth-order valence-corrected chi connectivity index (χ4v) is 4.48. The van der Waals surface area contributed by atoms with Crippen molar-refractivity contribution in [3.8, 4) is 0 Å². The molecule has 0 saturated heterocycles. The number of unbranched alkanes of at least 4 members (excludes halogenated alkanes) is 16. The maximum absolute atomic E-state index is 12.0. The maximum atomic E-state index is 12.0. The van der Waals surface area contributed by atoms with Gasteiger partial charge in [-0.05, 0) is 39.5 Å². The molecule has 0 unspecified atom stereocenters. The minimum Gasteiger partial charge on any atom is -0.392 e. The van der Waals surface area contributed by atoms with Gasteiger partial charge in [0.2, 0.25) is 0 Å². The number of aliphatic hydroxyl groups is 2. The molecule has 0 aromatic carbocycles. The molecule has 0 spiro atoms. The number of rotatable bonds is 26. The highest BCUT2D eigenvalue weighted by molar-refractivity contribution is 5.78. The van der Waals surface area contributed by atoms with Gasteiger partial charge >= 0.3 is 0 Å². The number of Topliss-reactive ketones (excluding diaryl/α,β-unsaturated/α-hetero) is 1. The average Bonchev–Trinajstić information content (AvgIpc) is 2.80. The highest BCUT2D eigenvalue weighted by atomic mass is 16.3. The van der Waals surface area contributed by atoms with Crippen LogP contribution in [0, 0.1) is 0 Å². The van der Waals surface area contributed by atoms with E-state index >= 15 is 0 Å². The third kappa shape index (κ3) is 23.3. The standard InChI is InChI=1S/C29H60N2O3/c1-25(30)28(33)23-19-15-10-8-6-4-3-5-7-9-13-17-21-27(32)22-18-14-11-12-16-20-24-29(34)26(2)31/h25-26,28-29,33-34H,3-24,30-31H2,1-2H3/t25-,26-,28-,29-/m1/s1. The number of nitrogens with two attached hydrogens (primary N) is 2. The van der Waals surface area contributed by atoms with Crippen molar-refractivity contribution < 1.29 is 15.0 Å². The topological polar surface area (TPSA) is 110 Å². The van der Waals surface area contributed by atoms with Gasteiger partial charge in [0.05, 0.1) is 12.2 Å². The van der Waals surface area contributed by atoms with Crippen molar-refractivity contribution in [3.05, 3.63) is 0 Å². The summed E-state index contributed by atoms with van der Waals surface area (Å²) in [7, 11) is 0. The van der Waals surface area contributed by atoms with E-state index in [0.29, 0.717) is 5.78 Å². The van der Waals surface area contributed by atoms with Crippen LogP contribution in [0.1, 0.15) is 155 Å². The summed E-state index contributed by atoms with van der Waals surface area (Å²) >= 11 is 0. The minimum absolute atomic E-state index is 0.107. The molecule has 0 radical (unpaired) electrons. The van der Waals surface area contributed by atoms with Crippen molar-refractivity contribution >= 4 is 5.78 Å². The van der Waals surface area contributed by atoms with E-state index < -0.39 is 0 Å². The van der Waals surface area contributed by atoms with Crippen molar-refractivity contribution in [1.82, 2.24) is 0 Å². The smallest absolute Gasteiger partial charge is 0.132 e. The van der Waals surface area contributed by atoms with Crippen LogP contribution >= 0.6 is 0 Å². The van der Waals surface area contributed by atoms with E-state index in [1.807, 2.05) is 13.8 Å². The first-order valence-electron chi connectivity index (χ1n) is 14.7. The van der Waals surface area contributed by atoms with E-state index in [4.69, 9.17) is 11.5 Å². The molecule has 5 heteroatoms. The summed E-state index contributed by atoms with van der Waals surface area (Å²) in [5.74, 6) is 0.451. The zero-order valence-electron chi connectivity index (χ0n) is 22.8. The summed E-state index contributed by atoms with van der Waals surface area (Å²) in [4.78, 5) is 12.0. The lowest BCUT2D eigenvalue weighted by atomic mass is 10.0. The number of hydrogen-bond acceptors (Lipinski definition) is 5. The Morgan fingerprint density at radius 1 is 0.500 bits per heavy atom. The van der Waals surface area contributed by atoms with Gasteiger partial charge in [-0.25, -0.2) is 0 Å². The zero-order valence-corrected chi connectivity index (χ0v) is 22.8. The molecule has 0 rings (SSSR count). The van der Waals surface area contributed by atoms with Crippen LogP contribution in [0.15, 0.2) is 0 Å². The molecule has 0 saturated carbocycles. The largest absolute Gasteiger partial charge is 0.392 e. The van der Waals surface area contributed by atoms with Gasteiger partial charge in [0.15, 0.2) is 0 Å². The number of aliphatic hydroxyl groups excluding tert-OH is 2. The van der Waals surface area contributed by atoms with Gasteiger partial charge in [-0.1, -0.05) is 103 Å². The number of carbonyl (C=O) groups is 1. The summed E-state index contributed by atoms with van der Waals surface area (Å²) in [6.45, 7) is 3.73. The molecule has 4 atom stereocenters. The Balaban J connectivity index is 3.24. The van der Waals surface area contributed by atoms with E-state index in [0.717, 1.165) is 64.2 Å². The second-order valence-electron chi connectivity index (χ2n) is 10.8. The molecule has 6 N–H and O–H groups in total. The van der Waals surface area contributed by atoms with Gasteiger partial charge in [0.25, 0.3) is 0 Å². The Labute approximate surface area is 211 Å².